The van der Waals surface area contributed by atoms with Crippen LogP contribution in [0.15, 0.2) is 40.1 Å². The number of halogens is 5. The van der Waals surface area contributed by atoms with Crippen molar-refractivity contribution in [3.63, 3.8) is 0 Å². The number of aliphatic imine (C=N–C) groups is 1. The second-order valence-corrected chi connectivity index (χ2v) is 9.52. The van der Waals surface area contributed by atoms with E-state index in [1.807, 2.05) is 0 Å². The SMILES string of the molecule is O=C(O)C[C@H](NC(=O)CNC(=O)c1cncc(NC2=NCC(O)CN2)c1)c1cc(Br)cc(Cl)c1O.O=CC(F)(F)F. The Hall–Kier alpha value is -3.96. The van der Waals surface area contributed by atoms with Gasteiger partial charge < -0.3 is 36.6 Å². The van der Waals surface area contributed by atoms with Crippen molar-refractivity contribution in [2.45, 2.75) is 24.7 Å². The van der Waals surface area contributed by atoms with Crippen LogP contribution in [0.2, 0.25) is 5.02 Å². The number of aliphatic hydroxyl groups is 1. The van der Waals surface area contributed by atoms with Gasteiger partial charge in [-0.25, -0.2) is 0 Å². The number of guanidine groups is 1. The first-order valence-corrected chi connectivity index (χ1v) is 12.5. The van der Waals surface area contributed by atoms with Crippen LogP contribution < -0.4 is 21.3 Å². The van der Waals surface area contributed by atoms with Gasteiger partial charge >= 0.3 is 12.1 Å². The van der Waals surface area contributed by atoms with Crippen molar-refractivity contribution in [1.82, 2.24) is 20.9 Å². The molecule has 2 amide bonds. The number of carbonyl (C=O) groups excluding carboxylic acids is 3. The Balaban J connectivity index is 0.000000883. The smallest absolute Gasteiger partial charge is 0.446 e. The van der Waals surface area contributed by atoms with Crippen LogP contribution in [0.3, 0.4) is 0 Å². The number of β-amino-alcohol motifs (C(OH)–C–C–N with tert-alkyl or cyclic N) is 1. The van der Waals surface area contributed by atoms with Crippen molar-refractivity contribution < 1.29 is 47.7 Å². The van der Waals surface area contributed by atoms with Crippen LogP contribution in [0.4, 0.5) is 18.9 Å². The molecule has 1 unspecified atom stereocenters. The van der Waals surface area contributed by atoms with Gasteiger partial charge in [0.2, 0.25) is 12.2 Å². The zero-order valence-electron chi connectivity index (χ0n) is 20.7. The average molecular weight is 668 g/mol. The molecule has 0 aliphatic carbocycles. The summed E-state index contributed by atoms with van der Waals surface area (Å²) in [5.74, 6) is -2.41. The minimum Gasteiger partial charge on any atom is -0.506 e. The van der Waals surface area contributed by atoms with E-state index in [-0.39, 0.29) is 28.4 Å². The summed E-state index contributed by atoms with van der Waals surface area (Å²) in [5, 5.41) is 39.7. The van der Waals surface area contributed by atoms with Crippen molar-refractivity contribution in [2.75, 3.05) is 25.0 Å². The van der Waals surface area contributed by atoms with Crippen molar-refractivity contribution in [2.24, 2.45) is 4.99 Å². The van der Waals surface area contributed by atoms with Crippen LogP contribution in [-0.2, 0) is 14.4 Å². The van der Waals surface area contributed by atoms with Gasteiger partial charge in [0, 0.05) is 22.8 Å². The van der Waals surface area contributed by atoms with Crippen LogP contribution in [0.5, 0.6) is 5.75 Å². The molecule has 1 aliphatic rings. The summed E-state index contributed by atoms with van der Waals surface area (Å²) < 4.78 is 31.7. The number of aromatic nitrogens is 1. The lowest BCUT2D eigenvalue weighted by Crippen LogP contribution is -2.42. The van der Waals surface area contributed by atoms with Crippen molar-refractivity contribution in [3.8, 4) is 5.75 Å². The fourth-order valence-corrected chi connectivity index (χ4v) is 3.99. The topological polar surface area (TPSA) is 202 Å². The zero-order chi connectivity index (χ0) is 30.7. The average Bonchev–Trinajstić information content (AvgIpc) is 2.90. The fraction of sp³-hybridized carbons (Fsp3) is 0.304. The third-order valence-corrected chi connectivity index (χ3v) is 5.66. The number of aromatic hydroxyl groups is 1. The molecule has 41 heavy (non-hydrogen) atoms. The molecule has 1 aliphatic heterocycles. The maximum absolute atomic E-state index is 12.5. The highest BCUT2D eigenvalue weighted by atomic mass is 79.9. The van der Waals surface area contributed by atoms with E-state index in [1.54, 1.807) is 0 Å². The van der Waals surface area contributed by atoms with Crippen LogP contribution >= 0.6 is 27.5 Å². The quantitative estimate of drug-likeness (QED) is 0.203. The zero-order valence-corrected chi connectivity index (χ0v) is 23.0. The van der Waals surface area contributed by atoms with Gasteiger partial charge in [0.25, 0.3) is 5.91 Å². The number of amides is 2. The Morgan fingerprint density at radius 3 is 2.51 bits per heavy atom. The van der Waals surface area contributed by atoms with Crippen LogP contribution in [0.25, 0.3) is 0 Å². The summed E-state index contributed by atoms with van der Waals surface area (Å²) in [5.41, 5.74) is 0.743. The number of phenols is 1. The van der Waals surface area contributed by atoms with Crippen LogP contribution in [0.1, 0.15) is 28.4 Å². The first kappa shape index (κ1) is 33.2. The van der Waals surface area contributed by atoms with Crippen molar-refractivity contribution in [3.05, 3.63) is 51.2 Å². The molecule has 0 saturated heterocycles. The lowest BCUT2D eigenvalue weighted by molar-refractivity contribution is -0.156. The standard InChI is InChI=1S/C21H22BrClN6O6.C2HF3O/c22-11-2-14(19(34)15(23)3-11)16(4-18(32)33)29-17(31)9-25-20(35)10-1-12(6-24-5-10)28-21-26-7-13(30)8-27-21;3-2(4,5)1-6/h1-3,5-6,13,16,30,34H,4,7-9H2,(H,25,35)(H,29,31)(H,32,33)(H2,26,27,28);1H/t16-;/m0./s1. The molecule has 2 atom stereocenters. The molecule has 2 heterocycles. The number of benzene rings is 1. The number of nitrogens with zero attached hydrogens (tertiary/aromatic N) is 2. The minimum absolute atomic E-state index is 0.0149. The summed E-state index contributed by atoms with van der Waals surface area (Å²) in [6.45, 7) is 0.118. The number of rotatable bonds is 8. The molecular formula is C23H23BrClF3N6O7. The number of hydrogen-bond acceptors (Lipinski definition) is 10. The number of alkyl halides is 3. The van der Waals surface area contributed by atoms with Gasteiger partial charge in [0.05, 0.1) is 54.1 Å². The lowest BCUT2D eigenvalue weighted by Gasteiger charge is -2.20. The third-order valence-electron chi connectivity index (χ3n) is 4.92. The molecule has 0 fully saturated rings. The third kappa shape index (κ3) is 11.6. The first-order valence-electron chi connectivity index (χ1n) is 11.4. The Labute approximate surface area is 243 Å². The van der Waals surface area contributed by atoms with Gasteiger partial charge in [-0.05, 0) is 18.2 Å². The van der Waals surface area contributed by atoms with Crippen LogP contribution in [0, 0.1) is 0 Å². The molecule has 0 spiro atoms. The largest absolute Gasteiger partial charge is 0.506 e. The molecule has 0 bridgehead atoms. The Morgan fingerprint density at radius 1 is 1.24 bits per heavy atom. The number of aldehydes is 1. The van der Waals surface area contributed by atoms with E-state index in [2.05, 4.69) is 47.2 Å². The van der Waals surface area contributed by atoms with Crippen molar-refractivity contribution in [1.29, 1.82) is 0 Å². The summed E-state index contributed by atoms with van der Waals surface area (Å²) in [6, 6.07) is 3.29. The highest BCUT2D eigenvalue weighted by molar-refractivity contribution is 9.10. The number of carboxylic acids is 1. The van der Waals surface area contributed by atoms with E-state index in [1.165, 1.54) is 30.6 Å². The fourth-order valence-electron chi connectivity index (χ4n) is 3.16. The molecule has 1 aromatic heterocycles. The van der Waals surface area contributed by atoms with E-state index in [0.29, 0.717) is 22.7 Å². The van der Waals surface area contributed by atoms with Gasteiger partial charge in [-0.15, -0.1) is 0 Å². The predicted octanol–water partition coefficient (Wildman–Crippen LogP) is 1.74. The monoisotopic (exact) mass is 666 g/mol. The molecule has 18 heteroatoms. The Morgan fingerprint density at radius 2 is 1.93 bits per heavy atom. The molecule has 222 valence electrons. The first-order chi connectivity index (χ1) is 19.2. The molecule has 3 rings (SSSR count). The van der Waals surface area contributed by atoms with E-state index >= 15 is 0 Å². The summed E-state index contributed by atoms with van der Waals surface area (Å²) >= 11 is 9.17. The number of hydrogen-bond donors (Lipinski definition) is 7. The second kappa shape index (κ2) is 15.2. The highest BCUT2D eigenvalue weighted by Gasteiger charge is 2.25. The van der Waals surface area contributed by atoms with Gasteiger partial charge in [-0.3, -0.25) is 29.2 Å². The number of pyridine rings is 1. The number of phenolic OH excluding ortho intramolecular Hbond substituents is 1. The van der Waals surface area contributed by atoms with E-state index in [4.69, 9.17) is 16.4 Å². The molecule has 0 radical (unpaired) electrons. The van der Waals surface area contributed by atoms with Gasteiger partial charge in [-0.1, -0.05) is 27.5 Å². The molecule has 0 saturated carbocycles. The maximum atomic E-state index is 12.5. The van der Waals surface area contributed by atoms with E-state index < -0.39 is 55.4 Å². The number of nitrogens with one attached hydrogen (secondary N) is 4. The summed E-state index contributed by atoms with van der Waals surface area (Å²) in [4.78, 5) is 53.1. The molecule has 1 aromatic carbocycles. The molecule has 2 aromatic rings. The number of anilines is 1. The number of aliphatic hydroxyl groups excluding tert-OH is 1. The van der Waals surface area contributed by atoms with E-state index in [9.17, 15) is 42.9 Å². The second-order valence-electron chi connectivity index (χ2n) is 8.20. The normalized spacial score (nSPS) is 15.2. The van der Waals surface area contributed by atoms with Crippen molar-refractivity contribution >= 4 is 63.2 Å². The molecule has 13 nitrogen and oxygen atoms in total. The number of aliphatic carboxylic acids is 1. The number of carbonyl (C=O) groups is 4. The predicted molar refractivity (Wildman–Crippen MR) is 143 cm³/mol. The van der Waals surface area contributed by atoms with Gasteiger partial charge in [0.15, 0.2) is 5.96 Å². The Bertz CT molecular complexity index is 1310. The van der Waals surface area contributed by atoms with Crippen LogP contribution in [-0.4, -0.2) is 82.2 Å². The minimum atomic E-state index is -4.64. The number of carboxylic acid groups (broad SMARTS) is 1. The maximum Gasteiger partial charge on any atom is 0.446 e. The lowest BCUT2D eigenvalue weighted by atomic mass is 10.0. The molecular weight excluding hydrogens is 645 g/mol. The highest BCUT2D eigenvalue weighted by Crippen LogP contribution is 2.36. The Kier molecular flexibility index (Phi) is 12.3. The van der Waals surface area contributed by atoms with E-state index in [0.717, 1.165) is 0 Å². The summed E-state index contributed by atoms with van der Waals surface area (Å²) in [7, 11) is 0. The van der Waals surface area contributed by atoms with Gasteiger partial charge in [0.1, 0.15) is 5.75 Å². The van der Waals surface area contributed by atoms with Gasteiger partial charge in [-0.2, -0.15) is 13.2 Å². The summed E-state index contributed by atoms with van der Waals surface area (Å²) in [6.07, 6.45) is -4.00. The molecule has 7 N–H and O–H groups in total.